The van der Waals surface area contributed by atoms with E-state index >= 15 is 0 Å². The van der Waals surface area contributed by atoms with Gasteiger partial charge in [0.05, 0.1) is 13.2 Å². The number of Topliss-reactive ketones (excluding diaryl/α,β-unsaturated/α-hetero) is 1. The molecule has 1 heterocycles. The van der Waals surface area contributed by atoms with Gasteiger partial charge in [0.2, 0.25) is 5.91 Å². The summed E-state index contributed by atoms with van der Waals surface area (Å²) in [5.74, 6) is -0.107. The lowest BCUT2D eigenvalue weighted by molar-refractivity contribution is -0.121. The Morgan fingerprint density at radius 1 is 0.839 bits per heavy atom. The summed E-state index contributed by atoms with van der Waals surface area (Å²) in [6.45, 7) is 4.72. The molecule has 1 saturated heterocycles. The van der Waals surface area contributed by atoms with Crippen LogP contribution in [0.5, 0.6) is 0 Å². The van der Waals surface area contributed by atoms with E-state index < -0.39 is 0 Å². The molecule has 4 rings (SSSR count). The topological polar surface area (TPSA) is 58.6 Å². The Morgan fingerprint density at radius 2 is 1.55 bits per heavy atom. The van der Waals surface area contributed by atoms with Gasteiger partial charge >= 0.3 is 0 Å². The third-order valence-electron chi connectivity index (χ3n) is 5.74. The predicted molar refractivity (Wildman–Crippen MR) is 122 cm³/mol. The molecule has 0 unspecified atom stereocenters. The number of hydrogen-bond acceptors (Lipinski definition) is 4. The van der Waals surface area contributed by atoms with Crippen LogP contribution in [0.25, 0.3) is 10.8 Å². The number of benzene rings is 3. The average Bonchev–Trinajstić information content (AvgIpc) is 2.82. The zero-order valence-electron chi connectivity index (χ0n) is 17.7. The first kappa shape index (κ1) is 21.2. The number of rotatable bonds is 8. The van der Waals surface area contributed by atoms with Crippen molar-refractivity contribution in [2.45, 2.75) is 25.9 Å². The molecule has 31 heavy (non-hydrogen) atoms. The van der Waals surface area contributed by atoms with Crippen LogP contribution in [0.15, 0.2) is 66.7 Å². The Kier molecular flexibility index (Phi) is 7.07. The second kappa shape index (κ2) is 10.3. The highest BCUT2D eigenvalue weighted by molar-refractivity contribution is 6.01. The highest BCUT2D eigenvalue weighted by Gasteiger charge is 2.14. The molecule has 5 nitrogen and oxygen atoms in total. The van der Waals surface area contributed by atoms with Gasteiger partial charge in [-0.2, -0.15) is 0 Å². The van der Waals surface area contributed by atoms with Gasteiger partial charge in [-0.05, 0) is 28.0 Å². The number of carbonyl (C=O) groups excluding carboxylic acids is 2. The van der Waals surface area contributed by atoms with E-state index in [9.17, 15) is 9.59 Å². The zero-order valence-corrected chi connectivity index (χ0v) is 17.7. The van der Waals surface area contributed by atoms with Gasteiger partial charge in [0.1, 0.15) is 0 Å². The first-order valence-electron chi connectivity index (χ1n) is 10.8. The summed E-state index contributed by atoms with van der Waals surface area (Å²) in [6, 6.07) is 21.8. The Balaban J connectivity index is 1.28. The molecule has 1 fully saturated rings. The second-order valence-electron chi connectivity index (χ2n) is 7.92. The number of nitrogens with zero attached hydrogens (tertiary/aromatic N) is 1. The van der Waals surface area contributed by atoms with Crippen molar-refractivity contribution in [1.29, 1.82) is 0 Å². The van der Waals surface area contributed by atoms with Crippen LogP contribution in [0.4, 0.5) is 0 Å². The van der Waals surface area contributed by atoms with Crippen LogP contribution in [-0.2, 0) is 22.6 Å². The number of ether oxygens (including phenoxy) is 1. The van der Waals surface area contributed by atoms with Crippen LogP contribution in [-0.4, -0.2) is 42.9 Å². The molecule has 3 aromatic rings. The maximum atomic E-state index is 12.5. The maximum absolute atomic E-state index is 12.5. The van der Waals surface area contributed by atoms with E-state index in [-0.39, 0.29) is 24.5 Å². The van der Waals surface area contributed by atoms with Crippen molar-refractivity contribution in [1.82, 2.24) is 10.2 Å². The van der Waals surface area contributed by atoms with Crippen LogP contribution < -0.4 is 5.32 Å². The summed E-state index contributed by atoms with van der Waals surface area (Å²) >= 11 is 0. The SMILES string of the molecule is O=C(CCC(=O)c1ccc2ccccc2c1)NCc1ccccc1CN1CCOCC1. The molecule has 0 aliphatic carbocycles. The largest absolute Gasteiger partial charge is 0.379 e. The molecule has 5 heteroatoms. The van der Waals surface area contributed by atoms with E-state index in [1.807, 2.05) is 54.6 Å². The molecular weight excluding hydrogens is 388 g/mol. The standard InChI is InChI=1S/C26H28N2O3/c29-25(22-10-9-20-5-1-2-6-21(20)17-22)11-12-26(30)27-18-23-7-3-4-8-24(23)19-28-13-15-31-16-14-28/h1-10,17H,11-16,18-19H2,(H,27,30). The quantitative estimate of drug-likeness (QED) is 0.565. The fourth-order valence-corrected chi connectivity index (χ4v) is 3.90. The predicted octanol–water partition coefficient (Wildman–Crippen LogP) is 3.95. The number of ketones is 1. The molecule has 0 saturated carbocycles. The third kappa shape index (κ3) is 5.78. The third-order valence-corrected chi connectivity index (χ3v) is 5.74. The summed E-state index contributed by atoms with van der Waals surface area (Å²) in [5.41, 5.74) is 2.99. The summed E-state index contributed by atoms with van der Waals surface area (Å²) in [4.78, 5) is 27.3. The van der Waals surface area contributed by atoms with Gasteiger partial charge in [0, 0.05) is 44.6 Å². The van der Waals surface area contributed by atoms with Crippen LogP contribution in [0.1, 0.15) is 34.3 Å². The maximum Gasteiger partial charge on any atom is 0.220 e. The highest BCUT2D eigenvalue weighted by Crippen LogP contribution is 2.17. The summed E-state index contributed by atoms with van der Waals surface area (Å²) < 4.78 is 5.42. The number of amides is 1. The molecule has 160 valence electrons. The minimum Gasteiger partial charge on any atom is -0.379 e. The Morgan fingerprint density at radius 3 is 2.35 bits per heavy atom. The van der Waals surface area contributed by atoms with E-state index in [0.29, 0.717) is 12.1 Å². The smallest absolute Gasteiger partial charge is 0.220 e. The molecule has 1 amide bonds. The van der Waals surface area contributed by atoms with Gasteiger partial charge in [-0.15, -0.1) is 0 Å². The van der Waals surface area contributed by atoms with E-state index in [4.69, 9.17) is 4.74 Å². The number of morpholine rings is 1. The molecule has 0 bridgehead atoms. The fourth-order valence-electron chi connectivity index (χ4n) is 3.90. The second-order valence-corrected chi connectivity index (χ2v) is 7.92. The van der Waals surface area contributed by atoms with Gasteiger partial charge in [0.25, 0.3) is 0 Å². The van der Waals surface area contributed by atoms with Crippen LogP contribution in [0, 0.1) is 0 Å². The molecule has 0 spiro atoms. The molecule has 1 aliphatic rings. The van der Waals surface area contributed by atoms with Crippen molar-refractivity contribution in [2.75, 3.05) is 26.3 Å². The zero-order chi connectivity index (χ0) is 21.5. The Bertz CT molecular complexity index is 1060. The molecule has 1 aliphatic heterocycles. The van der Waals surface area contributed by atoms with Gasteiger partial charge in [0.15, 0.2) is 5.78 Å². The van der Waals surface area contributed by atoms with Crippen molar-refractivity contribution < 1.29 is 14.3 Å². The average molecular weight is 417 g/mol. The molecule has 0 atom stereocenters. The molecular formula is C26H28N2O3. The first-order valence-corrected chi connectivity index (χ1v) is 10.8. The molecule has 3 aromatic carbocycles. The fraction of sp³-hybridized carbons (Fsp3) is 0.308. The lowest BCUT2D eigenvalue weighted by atomic mass is 10.0. The van der Waals surface area contributed by atoms with Crippen molar-refractivity contribution in [3.8, 4) is 0 Å². The molecule has 1 N–H and O–H groups in total. The normalized spacial score (nSPS) is 14.5. The number of carbonyl (C=O) groups is 2. The highest BCUT2D eigenvalue weighted by atomic mass is 16.5. The van der Waals surface area contributed by atoms with Crippen molar-refractivity contribution in [2.24, 2.45) is 0 Å². The monoisotopic (exact) mass is 416 g/mol. The number of nitrogens with one attached hydrogen (secondary N) is 1. The lowest BCUT2D eigenvalue weighted by Gasteiger charge is -2.27. The van der Waals surface area contributed by atoms with E-state index in [0.717, 1.165) is 49.2 Å². The summed E-state index contributed by atoms with van der Waals surface area (Å²) in [7, 11) is 0. The van der Waals surface area contributed by atoms with E-state index in [2.05, 4.69) is 22.3 Å². The van der Waals surface area contributed by atoms with Crippen molar-refractivity contribution in [3.63, 3.8) is 0 Å². The van der Waals surface area contributed by atoms with Crippen LogP contribution in [0.3, 0.4) is 0 Å². The molecule has 0 aromatic heterocycles. The van der Waals surface area contributed by atoms with Crippen molar-refractivity contribution >= 4 is 22.5 Å². The lowest BCUT2D eigenvalue weighted by Crippen LogP contribution is -2.36. The van der Waals surface area contributed by atoms with Crippen LogP contribution in [0.2, 0.25) is 0 Å². The Hall–Kier alpha value is -3.02. The van der Waals surface area contributed by atoms with Gasteiger partial charge in [-0.1, -0.05) is 60.7 Å². The van der Waals surface area contributed by atoms with E-state index in [1.165, 1.54) is 5.56 Å². The minimum absolute atomic E-state index is 0.00591. The number of hydrogen-bond donors (Lipinski definition) is 1. The number of fused-ring (bicyclic) bond motifs is 1. The van der Waals surface area contributed by atoms with Gasteiger partial charge < -0.3 is 10.1 Å². The molecule has 0 radical (unpaired) electrons. The Labute approximate surface area is 183 Å². The van der Waals surface area contributed by atoms with Crippen molar-refractivity contribution in [3.05, 3.63) is 83.4 Å². The first-order chi connectivity index (χ1) is 15.2. The van der Waals surface area contributed by atoms with E-state index in [1.54, 1.807) is 0 Å². The van der Waals surface area contributed by atoms with Gasteiger partial charge in [-0.3, -0.25) is 14.5 Å². The minimum atomic E-state index is -0.102. The van der Waals surface area contributed by atoms with Crippen LogP contribution >= 0.6 is 0 Å². The van der Waals surface area contributed by atoms with Gasteiger partial charge in [-0.25, -0.2) is 0 Å². The summed E-state index contributed by atoms with van der Waals surface area (Å²) in [6.07, 6.45) is 0.400. The summed E-state index contributed by atoms with van der Waals surface area (Å²) in [5, 5.41) is 5.12.